The van der Waals surface area contributed by atoms with E-state index < -0.39 is 0 Å². The van der Waals surface area contributed by atoms with E-state index in [-0.39, 0.29) is 11.1 Å². The topological polar surface area (TPSA) is 67.2 Å². The molecule has 0 atom stereocenters. The standard InChI is InChI=1S/C20H13N3O2S/c1-11-5-4-8-15-17(11)22-20-23(15)19(25)16(26-20)10-13-9-12-6-2-3-7-14(12)21-18(13)24/h2-10H,1H3,(H,21,24)/b16-10+. The zero-order chi connectivity index (χ0) is 17.8. The number of hydrogen-bond acceptors (Lipinski definition) is 4. The number of nitrogens with zero attached hydrogens (tertiary/aromatic N) is 2. The number of para-hydroxylation sites is 2. The molecule has 0 unspecified atom stereocenters. The molecular formula is C20H13N3O2S. The van der Waals surface area contributed by atoms with Gasteiger partial charge in [-0.1, -0.05) is 41.7 Å². The number of pyridine rings is 1. The Kier molecular flexibility index (Phi) is 3.11. The largest absolute Gasteiger partial charge is 0.321 e. The second kappa shape index (κ2) is 5.37. The number of benzene rings is 2. The Morgan fingerprint density at radius 2 is 1.96 bits per heavy atom. The van der Waals surface area contributed by atoms with Crippen molar-refractivity contribution in [2.75, 3.05) is 0 Å². The van der Waals surface area contributed by atoms with Crippen LogP contribution < -0.4 is 15.7 Å². The minimum absolute atomic E-state index is 0.148. The first kappa shape index (κ1) is 15.0. The maximum atomic E-state index is 12.9. The summed E-state index contributed by atoms with van der Waals surface area (Å²) in [4.78, 5) is 33.3. The van der Waals surface area contributed by atoms with Crippen LogP contribution in [-0.2, 0) is 0 Å². The van der Waals surface area contributed by atoms with Gasteiger partial charge >= 0.3 is 0 Å². The Bertz CT molecular complexity index is 1490. The third-order valence-electron chi connectivity index (χ3n) is 4.54. The van der Waals surface area contributed by atoms with Gasteiger partial charge in [0.25, 0.3) is 11.1 Å². The Morgan fingerprint density at radius 3 is 2.85 bits per heavy atom. The van der Waals surface area contributed by atoms with E-state index in [2.05, 4.69) is 9.97 Å². The lowest BCUT2D eigenvalue weighted by atomic mass is 10.1. The van der Waals surface area contributed by atoms with Gasteiger partial charge in [-0.25, -0.2) is 9.38 Å². The fourth-order valence-electron chi connectivity index (χ4n) is 3.24. The Balaban J connectivity index is 1.81. The third kappa shape index (κ3) is 2.12. The van der Waals surface area contributed by atoms with E-state index in [1.807, 2.05) is 49.4 Å². The molecule has 0 spiro atoms. The van der Waals surface area contributed by atoms with Crippen LogP contribution in [0.2, 0.25) is 0 Å². The van der Waals surface area contributed by atoms with Gasteiger partial charge in [-0.2, -0.15) is 0 Å². The molecule has 0 saturated heterocycles. The molecule has 1 N–H and O–H groups in total. The maximum absolute atomic E-state index is 12.9. The molecule has 126 valence electrons. The highest BCUT2D eigenvalue weighted by atomic mass is 32.1. The van der Waals surface area contributed by atoms with Crippen molar-refractivity contribution in [2.24, 2.45) is 0 Å². The molecule has 0 bridgehead atoms. The summed E-state index contributed by atoms with van der Waals surface area (Å²) < 4.78 is 2.12. The average Bonchev–Trinajstić information content (AvgIpc) is 3.14. The smallest absolute Gasteiger partial charge is 0.274 e. The van der Waals surface area contributed by atoms with E-state index in [9.17, 15) is 9.59 Å². The van der Waals surface area contributed by atoms with Gasteiger partial charge in [-0.15, -0.1) is 0 Å². The molecule has 5 rings (SSSR count). The molecule has 0 aliphatic rings. The Hall–Kier alpha value is -3.25. The fraction of sp³-hybridized carbons (Fsp3) is 0.0500. The third-order valence-corrected chi connectivity index (χ3v) is 5.51. The summed E-state index contributed by atoms with van der Waals surface area (Å²) in [7, 11) is 0. The number of nitrogens with one attached hydrogen (secondary N) is 1. The van der Waals surface area contributed by atoms with Gasteiger partial charge in [-0.3, -0.25) is 9.59 Å². The van der Waals surface area contributed by atoms with Gasteiger partial charge < -0.3 is 4.98 Å². The van der Waals surface area contributed by atoms with E-state index in [4.69, 9.17) is 0 Å². The number of aromatic amines is 1. The van der Waals surface area contributed by atoms with Gasteiger partial charge in [0.1, 0.15) is 0 Å². The molecule has 0 radical (unpaired) electrons. The Labute approximate surface area is 150 Å². The molecular weight excluding hydrogens is 346 g/mol. The normalized spacial score (nSPS) is 12.6. The van der Waals surface area contributed by atoms with Crippen LogP contribution in [0.4, 0.5) is 0 Å². The van der Waals surface area contributed by atoms with E-state index in [1.165, 1.54) is 11.3 Å². The first-order valence-corrected chi connectivity index (χ1v) is 8.98. The molecule has 6 heteroatoms. The predicted octanol–water partition coefficient (Wildman–Crippen LogP) is 2.61. The van der Waals surface area contributed by atoms with E-state index >= 15 is 0 Å². The number of H-pyrrole nitrogens is 1. The van der Waals surface area contributed by atoms with Gasteiger partial charge in [-0.05, 0) is 42.1 Å². The van der Waals surface area contributed by atoms with Crippen LogP contribution in [-0.4, -0.2) is 14.4 Å². The lowest BCUT2D eigenvalue weighted by Crippen LogP contribution is -2.24. The first-order valence-electron chi connectivity index (χ1n) is 8.16. The molecule has 0 aliphatic heterocycles. The highest BCUT2D eigenvalue weighted by Crippen LogP contribution is 2.19. The number of imidazole rings is 1. The summed E-state index contributed by atoms with van der Waals surface area (Å²) in [6.45, 7) is 1.98. The van der Waals surface area contributed by atoms with Crippen LogP contribution in [0, 0.1) is 6.92 Å². The summed E-state index contributed by atoms with van der Waals surface area (Å²) in [5.74, 6) is 0. The number of rotatable bonds is 1. The van der Waals surface area contributed by atoms with Crippen LogP contribution in [0.15, 0.2) is 58.1 Å². The molecule has 5 aromatic rings. The summed E-state index contributed by atoms with van der Waals surface area (Å²) in [6, 6.07) is 15.2. The molecule has 0 aliphatic carbocycles. The number of aryl methyl sites for hydroxylation is 1. The lowest BCUT2D eigenvalue weighted by molar-refractivity contribution is 1.19. The van der Waals surface area contributed by atoms with Crippen LogP contribution in [0.25, 0.3) is 33.0 Å². The van der Waals surface area contributed by atoms with Crippen molar-refractivity contribution >= 4 is 44.3 Å². The van der Waals surface area contributed by atoms with Crippen LogP contribution in [0.1, 0.15) is 11.1 Å². The maximum Gasteiger partial charge on any atom is 0.274 e. The van der Waals surface area contributed by atoms with Crippen molar-refractivity contribution in [1.29, 1.82) is 0 Å². The SMILES string of the molecule is Cc1cccc2c1nc1s/c(=C/c3cc4ccccc4[nH]c3=O)c(=O)n12. The molecule has 0 fully saturated rings. The zero-order valence-corrected chi connectivity index (χ0v) is 14.6. The molecule has 2 aromatic carbocycles. The summed E-state index contributed by atoms with van der Waals surface area (Å²) in [6.07, 6.45) is 1.65. The van der Waals surface area contributed by atoms with Crippen molar-refractivity contribution in [3.63, 3.8) is 0 Å². The zero-order valence-electron chi connectivity index (χ0n) is 13.8. The Morgan fingerprint density at radius 1 is 1.12 bits per heavy atom. The first-order chi connectivity index (χ1) is 12.6. The van der Waals surface area contributed by atoms with Crippen molar-refractivity contribution in [2.45, 2.75) is 6.92 Å². The molecule has 0 saturated carbocycles. The lowest BCUT2D eigenvalue weighted by Gasteiger charge is -1.98. The summed E-state index contributed by atoms with van der Waals surface area (Å²) >= 11 is 1.30. The van der Waals surface area contributed by atoms with Gasteiger partial charge in [0.15, 0.2) is 4.96 Å². The van der Waals surface area contributed by atoms with Crippen molar-refractivity contribution in [1.82, 2.24) is 14.4 Å². The molecule has 0 amide bonds. The molecule has 3 aromatic heterocycles. The van der Waals surface area contributed by atoms with Gasteiger partial charge in [0, 0.05) is 11.1 Å². The molecule has 3 heterocycles. The van der Waals surface area contributed by atoms with Crippen LogP contribution in [0.5, 0.6) is 0 Å². The van der Waals surface area contributed by atoms with Gasteiger partial charge in [0.05, 0.1) is 15.6 Å². The van der Waals surface area contributed by atoms with E-state index in [0.717, 1.165) is 27.5 Å². The fourth-order valence-corrected chi connectivity index (χ4v) is 4.21. The quantitative estimate of drug-likeness (QED) is 0.500. The minimum Gasteiger partial charge on any atom is -0.321 e. The second-order valence-corrected chi connectivity index (χ2v) is 7.24. The minimum atomic E-state index is -0.213. The highest BCUT2D eigenvalue weighted by molar-refractivity contribution is 7.15. The van der Waals surface area contributed by atoms with Crippen LogP contribution in [0.3, 0.4) is 0 Å². The van der Waals surface area contributed by atoms with E-state index in [1.54, 1.807) is 16.5 Å². The number of aromatic nitrogens is 3. The predicted molar refractivity (Wildman–Crippen MR) is 105 cm³/mol. The van der Waals surface area contributed by atoms with Gasteiger partial charge in [0.2, 0.25) is 0 Å². The van der Waals surface area contributed by atoms with Crippen molar-refractivity contribution in [3.05, 3.63) is 84.9 Å². The number of thiazole rings is 1. The average molecular weight is 359 g/mol. The van der Waals surface area contributed by atoms with Crippen molar-refractivity contribution < 1.29 is 0 Å². The molecule has 5 nitrogen and oxygen atoms in total. The second-order valence-electron chi connectivity index (χ2n) is 6.23. The van der Waals surface area contributed by atoms with Crippen LogP contribution >= 0.6 is 11.3 Å². The summed E-state index contributed by atoms with van der Waals surface area (Å²) in [5.41, 5.74) is 3.55. The number of hydrogen-bond donors (Lipinski definition) is 1. The summed E-state index contributed by atoms with van der Waals surface area (Å²) in [5, 5.41) is 0.924. The van der Waals surface area contributed by atoms with Crippen molar-refractivity contribution in [3.8, 4) is 0 Å². The highest BCUT2D eigenvalue weighted by Gasteiger charge is 2.12. The monoisotopic (exact) mass is 359 g/mol. The van der Waals surface area contributed by atoms with E-state index in [0.29, 0.717) is 15.1 Å². The molecule has 26 heavy (non-hydrogen) atoms. The number of fused-ring (bicyclic) bond motifs is 4.